The standard InChI is InChI=1S/C9H14N2O3.C8H7F3/c1-14-7(12)6-11-5-4-10-9(2-3-9)8(11)13;1-6-2-4-7(5-3-6)8(9,10)11/h10H,2-6H2,1H3;2-5H,1H3. The maximum Gasteiger partial charge on any atom is 0.416 e. The van der Waals surface area contributed by atoms with Crippen molar-refractivity contribution in [3.8, 4) is 0 Å². The number of amides is 1. The van der Waals surface area contributed by atoms with E-state index in [1.165, 1.54) is 19.2 Å². The number of methoxy groups -OCH3 is 1. The van der Waals surface area contributed by atoms with Crippen LogP contribution in [0.4, 0.5) is 13.2 Å². The number of nitrogens with zero attached hydrogens (tertiary/aromatic N) is 1. The Morgan fingerprint density at radius 1 is 1.28 bits per heavy atom. The predicted octanol–water partition coefficient (Wildman–Crippen LogP) is 2.14. The van der Waals surface area contributed by atoms with E-state index in [1.54, 1.807) is 11.8 Å². The Labute approximate surface area is 144 Å². The van der Waals surface area contributed by atoms with Crippen molar-refractivity contribution in [1.29, 1.82) is 0 Å². The van der Waals surface area contributed by atoms with Crippen LogP contribution in [-0.2, 0) is 20.5 Å². The lowest BCUT2D eigenvalue weighted by atomic mass is 10.1. The van der Waals surface area contributed by atoms with E-state index in [0.717, 1.165) is 37.1 Å². The second kappa shape index (κ2) is 7.43. The molecule has 138 valence electrons. The SMILES string of the molecule is COC(=O)CN1CCNC2(CC2)C1=O.Cc1ccc(C(F)(F)F)cc1. The van der Waals surface area contributed by atoms with Crippen LogP contribution < -0.4 is 5.32 Å². The van der Waals surface area contributed by atoms with Gasteiger partial charge in [0.15, 0.2) is 0 Å². The normalized spacial score (nSPS) is 18.4. The maximum absolute atomic E-state index is 11.9. The Bertz CT molecular complexity index is 625. The molecule has 1 heterocycles. The van der Waals surface area contributed by atoms with Crippen LogP contribution >= 0.6 is 0 Å². The third-order valence-corrected chi connectivity index (χ3v) is 4.22. The third-order valence-electron chi connectivity index (χ3n) is 4.22. The van der Waals surface area contributed by atoms with Crippen molar-refractivity contribution < 1.29 is 27.5 Å². The Hall–Kier alpha value is -2.09. The predicted molar refractivity (Wildman–Crippen MR) is 84.7 cm³/mol. The number of halogens is 3. The van der Waals surface area contributed by atoms with Gasteiger partial charge in [-0.1, -0.05) is 17.7 Å². The molecule has 0 aromatic heterocycles. The summed E-state index contributed by atoms with van der Waals surface area (Å²) in [6.07, 6.45) is -2.43. The number of hydrogen-bond donors (Lipinski definition) is 1. The molecule has 1 aliphatic carbocycles. The van der Waals surface area contributed by atoms with Crippen LogP contribution in [0, 0.1) is 6.92 Å². The van der Waals surface area contributed by atoms with E-state index in [2.05, 4.69) is 10.1 Å². The van der Waals surface area contributed by atoms with E-state index in [0.29, 0.717) is 6.54 Å². The number of ether oxygens (including phenoxy) is 1. The first-order chi connectivity index (χ1) is 11.7. The molecule has 1 N–H and O–H groups in total. The molecule has 1 aromatic carbocycles. The van der Waals surface area contributed by atoms with Crippen molar-refractivity contribution >= 4 is 11.9 Å². The molecular formula is C17H21F3N2O3. The molecule has 1 saturated heterocycles. The molecular weight excluding hydrogens is 337 g/mol. The number of nitrogens with one attached hydrogen (secondary N) is 1. The van der Waals surface area contributed by atoms with E-state index in [4.69, 9.17) is 0 Å². The quantitative estimate of drug-likeness (QED) is 0.823. The van der Waals surface area contributed by atoms with Gasteiger partial charge in [0.25, 0.3) is 0 Å². The van der Waals surface area contributed by atoms with E-state index < -0.39 is 11.7 Å². The summed E-state index contributed by atoms with van der Waals surface area (Å²) in [5.41, 5.74) is -0.0900. The molecule has 1 saturated carbocycles. The van der Waals surface area contributed by atoms with Gasteiger partial charge in [0.1, 0.15) is 6.54 Å². The minimum Gasteiger partial charge on any atom is -0.468 e. The Kier molecular flexibility index (Phi) is 5.72. The van der Waals surface area contributed by atoms with Gasteiger partial charge in [0.05, 0.1) is 18.2 Å². The average Bonchev–Trinajstić information content (AvgIpc) is 3.33. The lowest BCUT2D eigenvalue weighted by Gasteiger charge is -2.32. The van der Waals surface area contributed by atoms with Gasteiger partial charge in [0.2, 0.25) is 5.91 Å². The van der Waals surface area contributed by atoms with Crippen molar-refractivity contribution in [1.82, 2.24) is 10.2 Å². The molecule has 1 spiro atoms. The summed E-state index contributed by atoms with van der Waals surface area (Å²) in [6.45, 7) is 3.19. The van der Waals surface area contributed by atoms with Crippen LogP contribution in [0.1, 0.15) is 24.0 Å². The number of aryl methyl sites for hydroxylation is 1. The van der Waals surface area contributed by atoms with Gasteiger partial charge in [-0.05, 0) is 31.9 Å². The average molecular weight is 358 g/mol. The van der Waals surface area contributed by atoms with E-state index in [9.17, 15) is 22.8 Å². The summed E-state index contributed by atoms with van der Waals surface area (Å²) in [7, 11) is 1.34. The number of rotatable bonds is 2. The lowest BCUT2D eigenvalue weighted by Crippen LogP contribution is -2.57. The highest BCUT2D eigenvalue weighted by Gasteiger charge is 2.53. The minimum atomic E-state index is -4.21. The van der Waals surface area contributed by atoms with Gasteiger partial charge in [-0.3, -0.25) is 9.59 Å². The molecule has 1 amide bonds. The highest BCUT2D eigenvalue weighted by Crippen LogP contribution is 2.38. The molecule has 0 radical (unpaired) electrons. The Morgan fingerprint density at radius 2 is 1.88 bits per heavy atom. The first-order valence-corrected chi connectivity index (χ1v) is 7.93. The van der Waals surface area contributed by atoms with Crippen molar-refractivity contribution in [2.24, 2.45) is 0 Å². The van der Waals surface area contributed by atoms with Crippen LogP contribution in [0.5, 0.6) is 0 Å². The number of esters is 1. The van der Waals surface area contributed by atoms with Crippen LogP contribution in [0.2, 0.25) is 0 Å². The molecule has 2 aliphatic rings. The summed E-state index contributed by atoms with van der Waals surface area (Å²) in [4.78, 5) is 24.4. The van der Waals surface area contributed by atoms with E-state index >= 15 is 0 Å². The van der Waals surface area contributed by atoms with Crippen LogP contribution in [-0.4, -0.2) is 49.1 Å². The van der Waals surface area contributed by atoms with Gasteiger partial charge in [0, 0.05) is 13.1 Å². The van der Waals surface area contributed by atoms with Gasteiger partial charge >= 0.3 is 12.1 Å². The molecule has 0 bridgehead atoms. The van der Waals surface area contributed by atoms with E-state index in [-0.39, 0.29) is 24.0 Å². The monoisotopic (exact) mass is 358 g/mol. The number of carbonyl (C=O) groups excluding carboxylic acids is 2. The molecule has 1 aliphatic heterocycles. The molecule has 25 heavy (non-hydrogen) atoms. The second-order valence-corrected chi connectivity index (χ2v) is 6.18. The van der Waals surface area contributed by atoms with Gasteiger partial charge < -0.3 is 15.0 Å². The molecule has 8 heteroatoms. The first-order valence-electron chi connectivity index (χ1n) is 7.93. The number of benzene rings is 1. The van der Waals surface area contributed by atoms with Crippen molar-refractivity contribution in [2.45, 2.75) is 31.5 Å². The number of alkyl halides is 3. The molecule has 0 atom stereocenters. The summed E-state index contributed by atoms with van der Waals surface area (Å²) in [5, 5.41) is 3.20. The van der Waals surface area contributed by atoms with Crippen molar-refractivity contribution in [3.63, 3.8) is 0 Å². The fourth-order valence-electron chi connectivity index (χ4n) is 2.54. The van der Waals surface area contributed by atoms with Crippen LogP contribution in [0.3, 0.4) is 0 Å². The Balaban J connectivity index is 0.000000186. The first kappa shape index (κ1) is 19.2. The Morgan fingerprint density at radius 3 is 2.36 bits per heavy atom. The van der Waals surface area contributed by atoms with Crippen molar-refractivity contribution in [3.05, 3.63) is 35.4 Å². The zero-order valence-electron chi connectivity index (χ0n) is 14.2. The van der Waals surface area contributed by atoms with Gasteiger partial charge in [-0.2, -0.15) is 13.2 Å². The zero-order chi connectivity index (χ0) is 18.7. The zero-order valence-corrected chi connectivity index (χ0v) is 14.2. The highest BCUT2D eigenvalue weighted by atomic mass is 19.4. The molecule has 0 unspecified atom stereocenters. The number of piperazine rings is 1. The second-order valence-electron chi connectivity index (χ2n) is 6.18. The van der Waals surface area contributed by atoms with Gasteiger partial charge in [-0.25, -0.2) is 0 Å². The summed E-state index contributed by atoms with van der Waals surface area (Å²) in [6, 6.07) is 5.05. The third kappa shape index (κ3) is 4.94. The molecule has 5 nitrogen and oxygen atoms in total. The minimum absolute atomic E-state index is 0.0501. The van der Waals surface area contributed by atoms with Crippen LogP contribution in [0.25, 0.3) is 0 Å². The summed E-state index contributed by atoms with van der Waals surface area (Å²) >= 11 is 0. The summed E-state index contributed by atoms with van der Waals surface area (Å²) in [5.74, 6) is -0.301. The van der Waals surface area contributed by atoms with Crippen molar-refractivity contribution in [2.75, 3.05) is 26.7 Å². The highest BCUT2D eigenvalue weighted by molar-refractivity contribution is 5.92. The van der Waals surface area contributed by atoms with E-state index in [1.807, 2.05) is 0 Å². The molecule has 2 fully saturated rings. The lowest BCUT2D eigenvalue weighted by molar-refractivity contribution is -0.149. The number of carbonyl (C=O) groups is 2. The fourth-order valence-corrected chi connectivity index (χ4v) is 2.54. The number of hydrogen-bond acceptors (Lipinski definition) is 4. The topological polar surface area (TPSA) is 58.6 Å². The molecule has 3 rings (SSSR count). The smallest absolute Gasteiger partial charge is 0.416 e. The van der Waals surface area contributed by atoms with Crippen LogP contribution in [0.15, 0.2) is 24.3 Å². The summed E-state index contributed by atoms with van der Waals surface area (Å²) < 4.78 is 40.3. The fraction of sp³-hybridized carbons (Fsp3) is 0.529. The maximum atomic E-state index is 11.9. The molecule has 1 aromatic rings. The largest absolute Gasteiger partial charge is 0.468 e. The van der Waals surface area contributed by atoms with Gasteiger partial charge in [-0.15, -0.1) is 0 Å².